The topological polar surface area (TPSA) is 39.7 Å². The van der Waals surface area contributed by atoms with Gasteiger partial charge in [0.1, 0.15) is 0 Å². The van der Waals surface area contributed by atoms with Crippen molar-refractivity contribution in [1.29, 1.82) is 0 Å². The van der Waals surface area contributed by atoms with Crippen LogP contribution in [0.25, 0.3) is 0 Å². The molecule has 3 rings (SSSR count). The number of hydrogen-bond donors (Lipinski definition) is 0. The van der Waals surface area contributed by atoms with Crippen molar-refractivity contribution < 1.29 is 4.79 Å². The van der Waals surface area contributed by atoms with Crippen LogP contribution in [0, 0.1) is 5.41 Å². The lowest BCUT2D eigenvalue weighted by Crippen LogP contribution is -2.44. The Labute approximate surface area is 152 Å². The first-order valence-corrected chi connectivity index (χ1v) is 9.60. The minimum atomic E-state index is 0.0390. The van der Waals surface area contributed by atoms with Gasteiger partial charge in [-0.2, -0.15) is 0 Å². The number of hydrogen-bond acceptors (Lipinski definition) is 4. The second kappa shape index (κ2) is 7.83. The van der Waals surface area contributed by atoms with Crippen LogP contribution in [0.2, 0.25) is 0 Å². The fraction of sp³-hybridized carbons (Fsp3) is 0.700. The van der Waals surface area contributed by atoms with E-state index < -0.39 is 0 Å². The molecule has 0 unspecified atom stereocenters. The van der Waals surface area contributed by atoms with Gasteiger partial charge in [0.25, 0.3) is 0 Å². The van der Waals surface area contributed by atoms with Gasteiger partial charge in [-0.25, -0.2) is 0 Å². The normalized spacial score (nSPS) is 23.9. The fourth-order valence-corrected chi connectivity index (χ4v) is 4.43. The number of nitrogens with zero attached hydrogens (tertiary/aromatic N) is 4. The van der Waals surface area contributed by atoms with E-state index in [4.69, 9.17) is 0 Å². The molecule has 1 atom stereocenters. The molecule has 1 aromatic heterocycles. The van der Waals surface area contributed by atoms with Gasteiger partial charge < -0.3 is 9.80 Å². The van der Waals surface area contributed by atoms with Gasteiger partial charge in [0.2, 0.25) is 5.91 Å². The molecule has 0 aromatic carbocycles. The molecule has 25 heavy (non-hydrogen) atoms. The number of aromatic nitrogens is 1. The van der Waals surface area contributed by atoms with Crippen LogP contribution in [-0.2, 0) is 11.3 Å². The lowest BCUT2D eigenvalue weighted by molar-refractivity contribution is -0.135. The van der Waals surface area contributed by atoms with Crippen LogP contribution < -0.4 is 0 Å². The highest BCUT2D eigenvalue weighted by Gasteiger charge is 2.47. The van der Waals surface area contributed by atoms with Crippen molar-refractivity contribution in [2.24, 2.45) is 5.41 Å². The number of carbonyl (C=O) groups is 1. The van der Waals surface area contributed by atoms with Gasteiger partial charge >= 0.3 is 0 Å². The van der Waals surface area contributed by atoms with Crippen molar-refractivity contribution in [3.05, 3.63) is 30.1 Å². The maximum Gasteiger partial charge on any atom is 0.240 e. The summed E-state index contributed by atoms with van der Waals surface area (Å²) in [5.41, 5.74) is 1.29. The van der Waals surface area contributed by atoms with E-state index in [1.807, 2.05) is 30.1 Å². The van der Waals surface area contributed by atoms with Crippen LogP contribution >= 0.6 is 0 Å². The molecule has 0 N–H and O–H groups in total. The summed E-state index contributed by atoms with van der Waals surface area (Å²) in [6, 6.07) is 5.92. The maximum absolute atomic E-state index is 13.2. The highest BCUT2D eigenvalue weighted by Crippen LogP contribution is 2.43. The minimum absolute atomic E-state index is 0.0390. The molecule has 2 saturated heterocycles. The van der Waals surface area contributed by atoms with Crippen LogP contribution in [0.1, 0.15) is 38.3 Å². The van der Waals surface area contributed by atoms with E-state index in [0.717, 1.165) is 44.7 Å². The number of carbonyl (C=O) groups excluding carboxylic acids is 1. The van der Waals surface area contributed by atoms with E-state index in [2.05, 4.69) is 28.8 Å². The summed E-state index contributed by atoms with van der Waals surface area (Å²) in [6.07, 6.45) is 6.35. The molecule has 0 saturated carbocycles. The van der Waals surface area contributed by atoms with Crippen molar-refractivity contribution >= 4 is 5.91 Å². The van der Waals surface area contributed by atoms with Crippen LogP contribution in [0.3, 0.4) is 0 Å². The molecule has 0 bridgehead atoms. The van der Waals surface area contributed by atoms with Gasteiger partial charge in [0.05, 0.1) is 18.3 Å². The molecular weight excluding hydrogens is 312 g/mol. The molecule has 2 aliphatic heterocycles. The average molecular weight is 345 g/mol. The van der Waals surface area contributed by atoms with Crippen molar-refractivity contribution in [2.45, 2.75) is 45.2 Å². The van der Waals surface area contributed by atoms with Crippen molar-refractivity contribution in [3.8, 4) is 0 Å². The summed E-state index contributed by atoms with van der Waals surface area (Å²) in [5.74, 6) is 0.259. The Morgan fingerprint density at radius 3 is 2.76 bits per heavy atom. The second-order valence-electron chi connectivity index (χ2n) is 8.01. The van der Waals surface area contributed by atoms with Crippen LogP contribution in [-0.4, -0.2) is 71.9 Å². The zero-order chi connectivity index (χ0) is 17.9. The predicted molar refractivity (Wildman–Crippen MR) is 100 cm³/mol. The number of likely N-dealkylation sites (tertiary alicyclic amines) is 2. The third-order valence-corrected chi connectivity index (χ3v) is 5.95. The Morgan fingerprint density at radius 2 is 2.12 bits per heavy atom. The zero-order valence-corrected chi connectivity index (χ0v) is 15.9. The summed E-state index contributed by atoms with van der Waals surface area (Å²) < 4.78 is 0. The van der Waals surface area contributed by atoms with E-state index in [1.165, 1.54) is 12.8 Å². The summed E-state index contributed by atoms with van der Waals surface area (Å²) in [6.45, 7) is 7.22. The van der Waals surface area contributed by atoms with Gasteiger partial charge in [-0.05, 0) is 69.9 Å². The van der Waals surface area contributed by atoms with Crippen molar-refractivity contribution in [3.63, 3.8) is 0 Å². The standard InChI is InChI=1S/C20H32N4O/c1-4-11-24-16-20(8-12-22(2)13-9-20)14-18(24)19(25)23(3)15-17-7-5-6-10-21-17/h5-7,10,18H,4,8-9,11-16H2,1-3H3/t18-/m1/s1. The first-order chi connectivity index (χ1) is 12.0. The van der Waals surface area contributed by atoms with Gasteiger partial charge in [0.15, 0.2) is 0 Å². The molecule has 0 radical (unpaired) electrons. The summed E-state index contributed by atoms with van der Waals surface area (Å²) >= 11 is 0. The lowest BCUT2D eigenvalue weighted by atomic mass is 9.76. The van der Waals surface area contributed by atoms with E-state index >= 15 is 0 Å². The van der Waals surface area contributed by atoms with Gasteiger partial charge in [-0.15, -0.1) is 0 Å². The van der Waals surface area contributed by atoms with Gasteiger partial charge in [0, 0.05) is 19.8 Å². The Kier molecular flexibility index (Phi) is 5.74. The van der Waals surface area contributed by atoms with Gasteiger partial charge in [-0.1, -0.05) is 13.0 Å². The molecule has 1 aromatic rings. The van der Waals surface area contributed by atoms with Crippen molar-refractivity contribution in [1.82, 2.24) is 19.7 Å². The zero-order valence-electron chi connectivity index (χ0n) is 15.9. The predicted octanol–water partition coefficient (Wildman–Crippen LogP) is 2.24. The Morgan fingerprint density at radius 1 is 1.36 bits per heavy atom. The summed E-state index contributed by atoms with van der Waals surface area (Å²) in [5, 5.41) is 0. The number of rotatable bonds is 5. The number of piperidine rings is 1. The minimum Gasteiger partial charge on any atom is -0.338 e. The molecule has 2 aliphatic rings. The number of amides is 1. The molecular formula is C20H32N4O. The molecule has 5 heteroatoms. The Hall–Kier alpha value is -1.46. The third kappa shape index (κ3) is 4.21. The molecule has 1 amide bonds. The smallest absolute Gasteiger partial charge is 0.240 e. The van der Waals surface area contributed by atoms with E-state index in [1.54, 1.807) is 6.20 Å². The second-order valence-corrected chi connectivity index (χ2v) is 8.01. The van der Waals surface area contributed by atoms with E-state index in [-0.39, 0.29) is 11.9 Å². The molecule has 5 nitrogen and oxygen atoms in total. The lowest BCUT2D eigenvalue weighted by Gasteiger charge is -2.37. The number of pyridine rings is 1. The van der Waals surface area contributed by atoms with Crippen molar-refractivity contribution in [2.75, 3.05) is 40.3 Å². The fourth-order valence-electron chi connectivity index (χ4n) is 4.43. The highest BCUT2D eigenvalue weighted by molar-refractivity contribution is 5.82. The average Bonchev–Trinajstić information content (AvgIpc) is 2.96. The Bertz CT molecular complexity index is 568. The van der Waals surface area contributed by atoms with E-state index in [9.17, 15) is 4.79 Å². The molecule has 0 aliphatic carbocycles. The monoisotopic (exact) mass is 344 g/mol. The van der Waals surface area contributed by atoms with Gasteiger partial charge in [-0.3, -0.25) is 14.7 Å². The molecule has 138 valence electrons. The van der Waals surface area contributed by atoms with E-state index in [0.29, 0.717) is 12.0 Å². The quantitative estimate of drug-likeness (QED) is 0.821. The molecule has 2 fully saturated rings. The van der Waals surface area contributed by atoms with Crippen LogP contribution in [0.15, 0.2) is 24.4 Å². The first kappa shape index (κ1) is 18.3. The molecule has 1 spiro atoms. The third-order valence-electron chi connectivity index (χ3n) is 5.95. The maximum atomic E-state index is 13.2. The highest BCUT2D eigenvalue weighted by atomic mass is 16.2. The number of likely N-dealkylation sites (N-methyl/N-ethyl adjacent to an activating group) is 1. The Balaban J connectivity index is 1.68. The SMILES string of the molecule is CCCN1CC2(CCN(C)CC2)C[C@@H]1C(=O)N(C)Cc1ccccn1. The summed E-state index contributed by atoms with van der Waals surface area (Å²) in [4.78, 5) is 24.3. The van der Waals surface area contributed by atoms with Crippen LogP contribution in [0.4, 0.5) is 0 Å². The van der Waals surface area contributed by atoms with Crippen LogP contribution in [0.5, 0.6) is 0 Å². The largest absolute Gasteiger partial charge is 0.338 e. The molecule has 3 heterocycles. The first-order valence-electron chi connectivity index (χ1n) is 9.60. The summed E-state index contributed by atoms with van der Waals surface area (Å²) in [7, 11) is 4.12.